The fourth-order valence-electron chi connectivity index (χ4n) is 2.62. The molecule has 1 aliphatic rings. The number of imidazole rings is 1. The molecule has 0 amide bonds. The summed E-state index contributed by atoms with van der Waals surface area (Å²) in [5.74, 6) is 1.06. The topological polar surface area (TPSA) is 84.4 Å². The van der Waals surface area contributed by atoms with Gasteiger partial charge in [0.05, 0.1) is 0 Å². The van der Waals surface area contributed by atoms with Crippen LogP contribution >= 0.6 is 0 Å². The number of hydrogen-bond acceptors (Lipinski definition) is 5. The Bertz CT molecular complexity index is 446. The number of hydrogen-bond donors (Lipinski definition) is 1. The van der Waals surface area contributed by atoms with Gasteiger partial charge in [-0.15, -0.1) is 0 Å². The maximum absolute atomic E-state index is 10.9. The smallest absolute Gasteiger partial charge is 0.342 e. The van der Waals surface area contributed by atoms with Crippen LogP contribution in [0, 0.1) is 23.0 Å². The van der Waals surface area contributed by atoms with Gasteiger partial charge in [-0.1, -0.05) is 0 Å². The molecule has 1 N–H and O–H groups in total. The van der Waals surface area contributed by atoms with Crippen LogP contribution in [0.3, 0.4) is 0 Å². The van der Waals surface area contributed by atoms with Crippen molar-refractivity contribution in [2.45, 2.75) is 26.3 Å². The first kappa shape index (κ1) is 14.0. The number of aromatic nitrogens is 2. The van der Waals surface area contributed by atoms with E-state index in [0.717, 1.165) is 32.5 Å². The highest BCUT2D eigenvalue weighted by Crippen LogP contribution is 2.17. The first-order chi connectivity index (χ1) is 9.11. The van der Waals surface area contributed by atoms with Gasteiger partial charge in [0.15, 0.2) is 5.82 Å². The van der Waals surface area contributed by atoms with Gasteiger partial charge in [-0.3, -0.25) is 4.90 Å². The molecule has 2 rings (SSSR count). The van der Waals surface area contributed by atoms with Gasteiger partial charge < -0.3 is 15.2 Å². The van der Waals surface area contributed by atoms with E-state index in [1.165, 1.54) is 6.20 Å². The van der Waals surface area contributed by atoms with E-state index in [2.05, 4.69) is 9.88 Å². The molecule has 7 heteroatoms. The van der Waals surface area contributed by atoms with Gasteiger partial charge in [0, 0.05) is 26.6 Å². The molecule has 0 aromatic carbocycles. The number of aryl methyl sites for hydroxylation is 1. The van der Waals surface area contributed by atoms with Crippen molar-refractivity contribution in [2.24, 2.45) is 5.92 Å². The molecule has 1 aliphatic heterocycles. The van der Waals surface area contributed by atoms with Crippen molar-refractivity contribution in [1.82, 2.24) is 14.5 Å². The molecule has 0 saturated carbocycles. The van der Waals surface area contributed by atoms with Crippen LogP contribution in [-0.4, -0.2) is 50.7 Å². The molecule has 7 nitrogen and oxygen atoms in total. The van der Waals surface area contributed by atoms with Crippen LogP contribution in [0.4, 0.5) is 5.82 Å². The molecular weight excluding hydrogens is 248 g/mol. The Kier molecular flexibility index (Phi) is 4.49. The number of rotatable bonds is 5. The second kappa shape index (κ2) is 6.12. The van der Waals surface area contributed by atoms with Crippen molar-refractivity contribution >= 4 is 5.82 Å². The zero-order valence-corrected chi connectivity index (χ0v) is 11.2. The molecular formula is C12H20N4O3. The molecule has 2 heterocycles. The number of nitrogens with zero attached hydrogens (tertiary/aromatic N) is 4. The summed E-state index contributed by atoms with van der Waals surface area (Å²) in [7, 11) is 0. The zero-order chi connectivity index (χ0) is 13.8. The van der Waals surface area contributed by atoms with E-state index in [-0.39, 0.29) is 12.4 Å². The summed E-state index contributed by atoms with van der Waals surface area (Å²) in [6, 6.07) is 0. The first-order valence-corrected chi connectivity index (χ1v) is 6.61. The van der Waals surface area contributed by atoms with E-state index >= 15 is 0 Å². The second-order valence-corrected chi connectivity index (χ2v) is 5.06. The third kappa shape index (κ3) is 3.30. The summed E-state index contributed by atoms with van der Waals surface area (Å²) in [5.41, 5.74) is 0. The van der Waals surface area contributed by atoms with Crippen LogP contribution in [0.25, 0.3) is 0 Å². The summed E-state index contributed by atoms with van der Waals surface area (Å²) in [5, 5.41) is 20.1. The summed E-state index contributed by atoms with van der Waals surface area (Å²) in [6.45, 7) is 5.20. The van der Waals surface area contributed by atoms with E-state index in [1.54, 1.807) is 11.5 Å². The van der Waals surface area contributed by atoms with E-state index in [9.17, 15) is 15.2 Å². The Morgan fingerprint density at radius 1 is 1.58 bits per heavy atom. The van der Waals surface area contributed by atoms with Crippen molar-refractivity contribution in [3.8, 4) is 0 Å². The monoisotopic (exact) mass is 268 g/mol. The van der Waals surface area contributed by atoms with Crippen LogP contribution in [0.15, 0.2) is 6.20 Å². The average Bonchev–Trinajstić information content (AvgIpc) is 2.78. The van der Waals surface area contributed by atoms with Gasteiger partial charge in [0.2, 0.25) is 0 Å². The molecule has 0 bridgehead atoms. The van der Waals surface area contributed by atoms with Crippen molar-refractivity contribution in [2.75, 3.05) is 26.2 Å². The standard InChI is InChI=1S/C12H20N4O3/c1-10-13-7-12(16(18)19)15(10)6-5-14-4-2-3-11(8-14)9-17/h7,11,17H,2-6,8-9H2,1H3. The summed E-state index contributed by atoms with van der Waals surface area (Å²) >= 11 is 0. The lowest BCUT2D eigenvalue weighted by Gasteiger charge is -2.31. The van der Waals surface area contributed by atoms with E-state index in [0.29, 0.717) is 18.3 Å². The number of likely N-dealkylation sites (tertiary alicyclic amines) is 1. The van der Waals surface area contributed by atoms with Gasteiger partial charge >= 0.3 is 5.82 Å². The summed E-state index contributed by atoms with van der Waals surface area (Å²) < 4.78 is 1.64. The van der Waals surface area contributed by atoms with Crippen LogP contribution in [-0.2, 0) is 6.54 Å². The number of piperidine rings is 1. The average molecular weight is 268 g/mol. The quantitative estimate of drug-likeness (QED) is 0.631. The van der Waals surface area contributed by atoms with Crippen LogP contribution in [0.5, 0.6) is 0 Å². The molecule has 0 radical (unpaired) electrons. The third-order valence-corrected chi connectivity index (χ3v) is 3.72. The van der Waals surface area contributed by atoms with E-state index in [4.69, 9.17) is 0 Å². The minimum Gasteiger partial charge on any atom is -0.396 e. The maximum Gasteiger partial charge on any atom is 0.342 e. The maximum atomic E-state index is 10.9. The lowest BCUT2D eigenvalue weighted by molar-refractivity contribution is -0.392. The summed E-state index contributed by atoms with van der Waals surface area (Å²) in [6.07, 6.45) is 3.45. The van der Waals surface area contributed by atoms with Gasteiger partial charge in [0.25, 0.3) is 0 Å². The van der Waals surface area contributed by atoms with E-state index < -0.39 is 4.92 Å². The zero-order valence-electron chi connectivity index (χ0n) is 11.2. The molecule has 0 spiro atoms. The fourth-order valence-corrected chi connectivity index (χ4v) is 2.62. The molecule has 1 aromatic heterocycles. The highest BCUT2D eigenvalue weighted by molar-refractivity contribution is 5.18. The Morgan fingerprint density at radius 3 is 3.05 bits per heavy atom. The van der Waals surface area contributed by atoms with Gasteiger partial charge in [0.1, 0.15) is 12.7 Å². The predicted octanol–water partition coefficient (Wildman–Crippen LogP) is 0.804. The lowest BCUT2D eigenvalue weighted by Crippen LogP contribution is -2.38. The Morgan fingerprint density at radius 2 is 2.37 bits per heavy atom. The minimum atomic E-state index is -0.396. The molecule has 0 aliphatic carbocycles. The minimum absolute atomic E-state index is 0.0493. The Hall–Kier alpha value is -1.47. The van der Waals surface area contributed by atoms with Gasteiger partial charge in [-0.2, -0.15) is 0 Å². The highest BCUT2D eigenvalue weighted by atomic mass is 16.6. The molecule has 1 saturated heterocycles. The van der Waals surface area contributed by atoms with Gasteiger partial charge in [-0.25, -0.2) is 9.55 Å². The molecule has 19 heavy (non-hydrogen) atoms. The van der Waals surface area contributed by atoms with Crippen LogP contribution in [0.2, 0.25) is 0 Å². The molecule has 1 atom stereocenters. The molecule has 106 valence electrons. The highest BCUT2D eigenvalue weighted by Gasteiger charge is 2.22. The van der Waals surface area contributed by atoms with Crippen molar-refractivity contribution in [3.63, 3.8) is 0 Å². The van der Waals surface area contributed by atoms with Crippen molar-refractivity contribution in [3.05, 3.63) is 22.1 Å². The number of aliphatic hydroxyl groups is 1. The van der Waals surface area contributed by atoms with E-state index in [1.807, 2.05) is 0 Å². The predicted molar refractivity (Wildman–Crippen MR) is 69.9 cm³/mol. The lowest BCUT2D eigenvalue weighted by atomic mass is 9.99. The third-order valence-electron chi connectivity index (χ3n) is 3.72. The molecule has 1 aromatic rings. The van der Waals surface area contributed by atoms with Crippen LogP contribution in [0.1, 0.15) is 18.7 Å². The van der Waals surface area contributed by atoms with Crippen molar-refractivity contribution in [1.29, 1.82) is 0 Å². The number of nitro groups is 1. The normalized spacial score (nSPS) is 20.6. The van der Waals surface area contributed by atoms with Crippen molar-refractivity contribution < 1.29 is 10.0 Å². The molecule has 1 fully saturated rings. The fraction of sp³-hybridized carbons (Fsp3) is 0.750. The second-order valence-electron chi connectivity index (χ2n) is 5.06. The first-order valence-electron chi connectivity index (χ1n) is 6.61. The Labute approximate surface area is 112 Å². The largest absolute Gasteiger partial charge is 0.396 e. The molecule has 1 unspecified atom stereocenters. The Balaban J connectivity index is 1.95. The summed E-state index contributed by atoms with van der Waals surface area (Å²) in [4.78, 5) is 16.7. The number of aliphatic hydroxyl groups excluding tert-OH is 1. The van der Waals surface area contributed by atoms with Crippen LogP contribution < -0.4 is 0 Å². The SMILES string of the molecule is Cc1ncc([N+](=O)[O-])n1CCN1CCCC(CO)C1. The van der Waals surface area contributed by atoms with Gasteiger partial charge in [-0.05, 0) is 30.2 Å².